The fraction of sp³-hybridized carbons (Fsp3) is 0.579. The van der Waals surface area contributed by atoms with Crippen LogP contribution < -0.4 is 5.32 Å². The van der Waals surface area contributed by atoms with E-state index in [2.05, 4.69) is 36.5 Å². The molecule has 2 aliphatic rings. The van der Waals surface area contributed by atoms with Gasteiger partial charge in [0.1, 0.15) is 0 Å². The van der Waals surface area contributed by atoms with Crippen LogP contribution in [0.1, 0.15) is 43.4 Å². The van der Waals surface area contributed by atoms with Gasteiger partial charge in [-0.3, -0.25) is 9.59 Å². The summed E-state index contributed by atoms with van der Waals surface area (Å²) in [6, 6.07) is 8.59. The molecular formula is C19H28ClN3O2. The lowest BCUT2D eigenvalue weighted by Gasteiger charge is -2.38. The topological polar surface area (TPSA) is 52.7 Å². The molecule has 2 amide bonds. The van der Waals surface area contributed by atoms with Crippen molar-refractivity contribution >= 4 is 24.2 Å². The van der Waals surface area contributed by atoms with Crippen molar-refractivity contribution in [3.63, 3.8) is 0 Å². The van der Waals surface area contributed by atoms with Gasteiger partial charge in [-0.2, -0.15) is 0 Å². The highest BCUT2D eigenvalue weighted by molar-refractivity contribution is 5.86. The average Bonchev–Trinajstić information content (AvgIpc) is 2.63. The highest BCUT2D eigenvalue weighted by Gasteiger charge is 2.30. The Kier molecular flexibility index (Phi) is 7.26. The quantitative estimate of drug-likeness (QED) is 0.889. The zero-order valence-corrected chi connectivity index (χ0v) is 15.7. The van der Waals surface area contributed by atoms with Crippen LogP contribution in [0.3, 0.4) is 0 Å². The molecule has 5 nitrogen and oxygen atoms in total. The Morgan fingerprint density at radius 3 is 2.64 bits per heavy atom. The Morgan fingerprint density at radius 1 is 1.20 bits per heavy atom. The molecule has 6 heteroatoms. The summed E-state index contributed by atoms with van der Waals surface area (Å²) in [4.78, 5) is 28.5. The molecule has 1 N–H and O–H groups in total. The minimum Gasteiger partial charge on any atom is -0.333 e. The van der Waals surface area contributed by atoms with Crippen molar-refractivity contribution in [2.45, 2.75) is 38.6 Å². The summed E-state index contributed by atoms with van der Waals surface area (Å²) in [5.74, 6) is 0.185. The fourth-order valence-corrected chi connectivity index (χ4v) is 3.56. The second-order valence-corrected chi connectivity index (χ2v) is 6.67. The van der Waals surface area contributed by atoms with E-state index >= 15 is 0 Å². The maximum atomic E-state index is 12.8. The molecule has 0 saturated carbocycles. The normalized spacial score (nSPS) is 21.0. The largest absolute Gasteiger partial charge is 0.333 e. The molecule has 0 spiro atoms. The number of rotatable bonds is 4. The van der Waals surface area contributed by atoms with Crippen LogP contribution in [0.5, 0.6) is 0 Å². The van der Waals surface area contributed by atoms with E-state index < -0.39 is 0 Å². The van der Waals surface area contributed by atoms with Crippen molar-refractivity contribution in [2.24, 2.45) is 0 Å². The van der Waals surface area contributed by atoms with Crippen LogP contribution in [-0.4, -0.2) is 54.3 Å². The smallest absolute Gasteiger partial charge is 0.242 e. The van der Waals surface area contributed by atoms with Gasteiger partial charge in [-0.25, -0.2) is 0 Å². The number of carbonyl (C=O) groups is 2. The van der Waals surface area contributed by atoms with Gasteiger partial charge < -0.3 is 15.1 Å². The maximum absolute atomic E-state index is 12.8. The number of aryl methyl sites for hydroxylation is 1. The molecule has 0 aromatic heterocycles. The van der Waals surface area contributed by atoms with Gasteiger partial charge in [0.2, 0.25) is 11.8 Å². The number of hydrogen-bond donors (Lipinski definition) is 1. The molecule has 1 atom stereocenters. The zero-order chi connectivity index (χ0) is 16.9. The molecule has 2 heterocycles. The molecule has 25 heavy (non-hydrogen) atoms. The van der Waals surface area contributed by atoms with Crippen LogP contribution in [0.2, 0.25) is 0 Å². The molecule has 1 unspecified atom stereocenters. The van der Waals surface area contributed by atoms with Gasteiger partial charge in [0.25, 0.3) is 0 Å². The fourth-order valence-electron chi connectivity index (χ4n) is 3.56. The second-order valence-electron chi connectivity index (χ2n) is 6.67. The molecule has 1 aromatic carbocycles. The standard InChI is InChI=1S/C19H27N3O2.ClH/c1-2-15-6-8-16(9-7-15)17-13-20-10-12-22(17)19(24)14-21-11-4-3-5-18(21)23;/h6-9,17,20H,2-5,10-14H2,1H3;1H. The van der Waals surface area contributed by atoms with Crippen molar-refractivity contribution in [1.29, 1.82) is 0 Å². The molecule has 0 aliphatic carbocycles. The van der Waals surface area contributed by atoms with Gasteiger partial charge in [0.05, 0.1) is 12.6 Å². The second kappa shape index (κ2) is 9.20. The van der Waals surface area contributed by atoms with Gasteiger partial charge >= 0.3 is 0 Å². The van der Waals surface area contributed by atoms with Crippen LogP contribution in [-0.2, 0) is 16.0 Å². The molecular weight excluding hydrogens is 338 g/mol. The van der Waals surface area contributed by atoms with Crippen LogP contribution in [0.25, 0.3) is 0 Å². The highest BCUT2D eigenvalue weighted by Crippen LogP contribution is 2.23. The maximum Gasteiger partial charge on any atom is 0.242 e. The number of halogens is 1. The third-order valence-corrected chi connectivity index (χ3v) is 5.08. The van der Waals surface area contributed by atoms with Gasteiger partial charge in [0, 0.05) is 32.6 Å². The summed E-state index contributed by atoms with van der Waals surface area (Å²) in [5.41, 5.74) is 2.47. The van der Waals surface area contributed by atoms with Gasteiger partial charge in [0.15, 0.2) is 0 Å². The van der Waals surface area contributed by atoms with Crippen LogP contribution in [0.15, 0.2) is 24.3 Å². The molecule has 2 saturated heterocycles. The molecule has 3 rings (SSSR count). The molecule has 1 aromatic rings. The summed E-state index contributed by atoms with van der Waals surface area (Å²) in [5, 5.41) is 3.38. The van der Waals surface area contributed by atoms with E-state index in [4.69, 9.17) is 0 Å². The van der Waals surface area contributed by atoms with Crippen molar-refractivity contribution in [3.8, 4) is 0 Å². The Labute approximate surface area is 156 Å². The summed E-state index contributed by atoms with van der Waals surface area (Å²) >= 11 is 0. The lowest BCUT2D eigenvalue weighted by atomic mass is 10.0. The first-order chi connectivity index (χ1) is 11.7. The van der Waals surface area contributed by atoms with E-state index in [-0.39, 0.29) is 36.8 Å². The van der Waals surface area contributed by atoms with E-state index in [9.17, 15) is 9.59 Å². The monoisotopic (exact) mass is 365 g/mol. The third-order valence-electron chi connectivity index (χ3n) is 5.08. The number of likely N-dealkylation sites (tertiary alicyclic amines) is 1. The highest BCUT2D eigenvalue weighted by atomic mass is 35.5. The van der Waals surface area contributed by atoms with E-state index in [0.29, 0.717) is 19.5 Å². The first kappa shape index (κ1) is 19.7. The van der Waals surface area contributed by atoms with Gasteiger partial charge in [-0.15, -0.1) is 12.4 Å². The molecule has 2 aliphatic heterocycles. The van der Waals surface area contributed by atoms with Gasteiger partial charge in [-0.1, -0.05) is 31.2 Å². The Balaban J connectivity index is 0.00000225. The third kappa shape index (κ3) is 4.73. The summed E-state index contributed by atoms with van der Waals surface area (Å²) in [6.07, 6.45) is 3.55. The number of piperidine rings is 1. The number of nitrogens with zero attached hydrogens (tertiary/aromatic N) is 2. The summed E-state index contributed by atoms with van der Waals surface area (Å²) < 4.78 is 0. The van der Waals surface area contributed by atoms with Gasteiger partial charge in [-0.05, 0) is 30.4 Å². The predicted molar refractivity (Wildman–Crippen MR) is 101 cm³/mol. The Hall–Kier alpha value is -1.59. The van der Waals surface area contributed by atoms with E-state index in [1.54, 1.807) is 4.90 Å². The van der Waals surface area contributed by atoms with Crippen LogP contribution in [0, 0.1) is 0 Å². The lowest BCUT2D eigenvalue weighted by molar-refractivity contribution is -0.143. The van der Waals surface area contributed by atoms with Crippen molar-refractivity contribution < 1.29 is 9.59 Å². The SMILES string of the molecule is CCc1ccc(C2CNCCN2C(=O)CN2CCCCC2=O)cc1.Cl. The number of carbonyl (C=O) groups excluding carboxylic acids is 2. The Morgan fingerprint density at radius 2 is 1.96 bits per heavy atom. The first-order valence-electron chi connectivity index (χ1n) is 9.06. The molecule has 0 bridgehead atoms. The predicted octanol–water partition coefficient (Wildman–Crippen LogP) is 2.16. The molecule has 0 radical (unpaired) electrons. The molecule has 138 valence electrons. The lowest BCUT2D eigenvalue weighted by Crippen LogP contribution is -2.52. The van der Waals surface area contributed by atoms with Crippen LogP contribution >= 0.6 is 12.4 Å². The number of piperazine rings is 1. The zero-order valence-electron chi connectivity index (χ0n) is 14.9. The minimum absolute atomic E-state index is 0. The number of benzene rings is 1. The van der Waals surface area contributed by atoms with E-state index in [1.807, 2.05) is 4.90 Å². The van der Waals surface area contributed by atoms with E-state index in [0.717, 1.165) is 37.9 Å². The summed E-state index contributed by atoms with van der Waals surface area (Å²) in [6.45, 7) is 5.35. The number of nitrogens with one attached hydrogen (secondary N) is 1. The summed E-state index contributed by atoms with van der Waals surface area (Å²) in [7, 11) is 0. The number of hydrogen-bond acceptors (Lipinski definition) is 3. The van der Waals surface area contributed by atoms with E-state index in [1.165, 1.54) is 5.56 Å². The van der Waals surface area contributed by atoms with Crippen LogP contribution in [0.4, 0.5) is 0 Å². The van der Waals surface area contributed by atoms with Crippen molar-refractivity contribution in [3.05, 3.63) is 35.4 Å². The Bertz CT molecular complexity index is 591. The minimum atomic E-state index is 0. The van der Waals surface area contributed by atoms with Crippen molar-refractivity contribution in [2.75, 3.05) is 32.7 Å². The van der Waals surface area contributed by atoms with Crippen molar-refractivity contribution in [1.82, 2.24) is 15.1 Å². The number of amides is 2. The molecule has 2 fully saturated rings. The first-order valence-corrected chi connectivity index (χ1v) is 9.06. The average molecular weight is 366 g/mol.